The van der Waals surface area contributed by atoms with E-state index in [0.717, 1.165) is 23.4 Å². The lowest BCUT2D eigenvalue weighted by Crippen LogP contribution is -2.31. The van der Waals surface area contributed by atoms with Gasteiger partial charge in [0.1, 0.15) is 0 Å². The third-order valence-electron chi connectivity index (χ3n) is 3.52. The van der Waals surface area contributed by atoms with Gasteiger partial charge in [-0.1, -0.05) is 19.1 Å². The second kappa shape index (κ2) is 5.08. The predicted molar refractivity (Wildman–Crippen MR) is 71.7 cm³/mol. The number of hydrogen-bond donors (Lipinski definition) is 2. The fourth-order valence-electron chi connectivity index (χ4n) is 2.40. The minimum atomic E-state index is -0.545. The number of carbonyl (C=O) groups excluding carboxylic acids is 1. The Hall–Kier alpha value is -1.39. The van der Waals surface area contributed by atoms with E-state index in [4.69, 9.17) is 0 Å². The molecule has 0 saturated heterocycles. The SMILES string of the molecule is CCNC(C)C(O)c1ccc2c(c1)CC(=O)N2C. The van der Waals surface area contributed by atoms with Crippen molar-refractivity contribution in [3.63, 3.8) is 0 Å². The number of hydrogen-bond acceptors (Lipinski definition) is 3. The zero-order chi connectivity index (χ0) is 13.3. The summed E-state index contributed by atoms with van der Waals surface area (Å²) in [4.78, 5) is 13.3. The van der Waals surface area contributed by atoms with E-state index in [1.54, 1.807) is 11.9 Å². The highest BCUT2D eigenvalue weighted by Gasteiger charge is 2.25. The molecule has 4 nitrogen and oxygen atoms in total. The van der Waals surface area contributed by atoms with Gasteiger partial charge in [0.15, 0.2) is 0 Å². The van der Waals surface area contributed by atoms with E-state index < -0.39 is 6.10 Å². The molecule has 0 radical (unpaired) electrons. The molecule has 1 aromatic rings. The van der Waals surface area contributed by atoms with E-state index >= 15 is 0 Å². The molecular weight excluding hydrogens is 228 g/mol. The van der Waals surface area contributed by atoms with Crippen LogP contribution >= 0.6 is 0 Å². The lowest BCUT2D eigenvalue weighted by molar-refractivity contribution is -0.117. The first-order chi connectivity index (χ1) is 8.54. The normalized spacial score (nSPS) is 17.8. The molecule has 18 heavy (non-hydrogen) atoms. The van der Waals surface area contributed by atoms with E-state index in [-0.39, 0.29) is 11.9 Å². The molecule has 2 rings (SSSR count). The van der Waals surface area contributed by atoms with E-state index in [1.165, 1.54) is 0 Å². The molecular formula is C14H20N2O2. The van der Waals surface area contributed by atoms with Gasteiger partial charge in [0.25, 0.3) is 0 Å². The monoisotopic (exact) mass is 248 g/mol. The minimum absolute atomic E-state index is 0.00267. The molecule has 1 heterocycles. The Morgan fingerprint density at radius 1 is 1.50 bits per heavy atom. The maximum Gasteiger partial charge on any atom is 0.231 e. The van der Waals surface area contributed by atoms with E-state index in [2.05, 4.69) is 5.32 Å². The van der Waals surface area contributed by atoms with Crippen LogP contribution < -0.4 is 10.2 Å². The number of nitrogens with one attached hydrogen (secondary N) is 1. The van der Waals surface area contributed by atoms with Gasteiger partial charge in [-0.25, -0.2) is 0 Å². The van der Waals surface area contributed by atoms with Crippen LogP contribution in [0.3, 0.4) is 0 Å². The molecule has 98 valence electrons. The van der Waals surface area contributed by atoms with Crippen molar-refractivity contribution in [2.24, 2.45) is 0 Å². The first-order valence-corrected chi connectivity index (χ1v) is 6.35. The number of anilines is 1. The average molecular weight is 248 g/mol. The molecule has 0 fully saturated rings. The van der Waals surface area contributed by atoms with Crippen molar-refractivity contribution in [3.8, 4) is 0 Å². The number of rotatable bonds is 4. The standard InChI is InChI=1S/C14H20N2O2/c1-4-15-9(2)14(18)10-5-6-12-11(7-10)8-13(17)16(12)3/h5-7,9,14-15,18H,4,8H2,1-3H3. The molecule has 2 N–H and O–H groups in total. The summed E-state index contributed by atoms with van der Waals surface area (Å²) in [6.07, 6.45) is -0.113. The van der Waals surface area contributed by atoms with Crippen molar-refractivity contribution in [3.05, 3.63) is 29.3 Å². The number of nitrogens with zero attached hydrogens (tertiary/aromatic N) is 1. The summed E-state index contributed by atoms with van der Waals surface area (Å²) >= 11 is 0. The number of aliphatic hydroxyl groups is 1. The van der Waals surface area contributed by atoms with Crippen LogP contribution in [0.25, 0.3) is 0 Å². The van der Waals surface area contributed by atoms with Gasteiger partial charge in [-0.2, -0.15) is 0 Å². The highest BCUT2D eigenvalue weighted by molar-refractivity contribution is 6.00. The van der Waals surface area contributed by atoms with Gasteiger partial charge < -0.3 is 15.3 Å². The van der Waals surface area contributed by atoms with Gasteiger partial charge in [0.05, 0.1) is 12.5 Å². The van der Waals surface area contributed by atoms with Crippen LogP contribution in [0.1, 0.15) is 31.1 Å². The summed E-state index contributed by atoms with van der Waals surface area (Å²) in [6, 6.07) is 5.75. The average Bonchev–Trinajstić information content (AvgIpc) is 2.64. The van der Waals surface area contributed by atoms with Crippen molar-refractivity contribution >= 4 is 11.6 Å². The molecule has 0 aromatic heterocycles. The number of fused-ring (bicyclic) bond motifs is 1. The Morgan fingerprint density at radius 3 is 2.89 bits per heavy atom. The van der Waals surface area contributed by atoms with Gasteiger partial charge in [0, 0.05) is 18.8 Å². The molecule has 1 aliphatic rings. The zero-order valence-corrected chi connectivity index (χ0v) is 11.1. The quantitative estimate of drug-likeness (QED) is 0.843. The second-order valence-corrected chi connectivity index (χ2v) is 4.81. The minimum Gasteiger partial charge on any atom is -0.387 e. The third-order valence-corrected chi connectivity index (χ3v) is 3.52. The van der Waals surface area contributed by atoms with Crippen LogP contribution in [0, 0.1) is 0 Å². The Morgan fingerprint density at radius 2 is 2.22 bits per heavy atom. The van der Waals surface area contributed by atoms with Gasteiger partial charge in [0.2, 0.25) is 5.91 Å². The van der Waals surface area contributed by atoms with Crippen LogP contribution in [0.4, 0.5) is 5.69 Å². The highest BCUT2D eigenvalue weighted by atomic mass is 16.3. The summed E-state index contributed by atoms with van der Waals surface area (Å²) in [5.41, 5.74) is 2.82. The first kappa shape index (κ1) is 13.1. The maximum absolute atomic E-state index is 11.6. The fourth-order valence-corrected chi connectivity index (χ4v) is 2.40. The molecule has 0 saturated carbocycles. The molecule has 2 unspecified atom stereocenters. The van der Waals surface area contributed by atoms with Crippen LogP contribution in [0.15, 0.2) is 18.2 Å². The van der Waals surface area contributed by atoms with E-state index in [0.29, 0.717) is 6.42 Å². The Balaban J connectivity index is 2.23. The van der Waals surface area contributed by atoms with Crippen molar-refractivity contribution in [1.82, 2.24) is 5.32 Å². The molecule has 1 amide bonds. The first-order valence-electron chi connectivity index (χ1n) is 6.35. The van der Waals surface area contributed by atoms with Crippen LogP contribution in [-0.2, 0) is 11.2 Å². The van der Waals surface area contributed by atoms with Crippen LogP contribution in [-0.4, -0.2) is 30.6 Å². The van der Waals surface area contributed by atoms with Crippen molar-refractivity contribution in [1.29, 1.82) is 0 Å². The zero-order valence-electron chi connectivity index (χ0n) is 11.1. The van der Waals surface area contributed by atoms with Crippen LogP contribution in [0.2, 0.25) is 0 Å². The number of benzene rings is 1. The van der Waals surface area contributed by atoms with Gasteiger partial charge in [-0.15, -0.1) is 0 Å². The smallest absolute Gasteiger partial charge is 0.231 e. The largest absolute Gasteiger partial charge is 0.387 e. The number of carbonyl (C=O) groups is 1. The third kappa shape index (κ3) is 2.26. The maximum atomic E-state index is 11.6. The number of amides is 1. The summed E-state index contributed by atoms with van der Waals surface area (Å²) in [6.45, 7) is 4.79. The fraction of sp³-hybridized carbons (Fsp3) is 0.500. The summed E-state index contributed by atoms with van der Waals surface area (Å²) in [5.74, 6) is 0.108. The van der Waals surface area contributed by atoms with E-state index in [1.807, 2.05) is 32.0 Å². The highest BCUT2D eigenvalue weighted by Crippen LogP contribution is 2.30. The Kier molecular flexibility index (Phi) is 3.68. The summed E-state index contributed by atoms with van der Waals surface area (Å²) in [5, 5.41) is 13.4. The molecule has 0 bridgehead atoms. The van der Waals surface area contributed by atoms with Gasteiger partial charge in [-0.3, -0.25) is 4.79 Å². The number of likely N-dealkylation sites (N-methyl/N-ethyl adjacent to an activating group) is 2. The van der Waals surface area contributed by atoms with Gasteiger partial charge in [-0.05, 0) is 30.7 Å². The van der Waals surface area contributed by atoms with Crippen molar-refractivity contribution in [2.45, 2.75) is 32.4 Å². The predicted octanol–water partition coefficient (Wildman–Crippen LogP) is 1.24. The molecule has 1 aliphatic heterocycles. The van der Waals surface area contributed by atoms with Crippen molar-refractivity contribution < 1.29 is 9.90 Å². The molecule has 4 heteroatoms. The second-order valence-electron chi connectivity index (χ2n) is 4.81. The van der Waals surface area contributed by atoms with Crippen LogP contribution in [0.5, 0.6) is 0 Å². The lowest BCUT2D eigenvalue weighted by Gasteiger charge is -2.20. The Labute approximate surface area is 108 Å². The topological polar surface area (TPSA) is 52.6 Å². The molecule has 1 aromatic carbocycles. The summed E-state index contributed by atoms with van der Waals surface area (Å²) in [7, 11) is 1.78. The molecule has 0 spiro atoms. The lowest BCUT2D eigenvalue weighted by atomic mass is 10.00. The summed E-state index contributed by atoms with van der Waals surface area (Å²) < 4.78 is 0. The van der Waals surface area contributed by atoms with E-state index in [9.17, 15) is 9.90 Å². The van der Waals surface area contributed by atoms with Gasteiger partial charge >= 0.3 is 0 Å². The molecule has 2 atom stereocenters. The van der Waals surface area contributed by atoms with Crippen molar-refractivity contribution in [2.75, 3.05) is 18.5 Å². The number of aliphatic hydroxyl groups excluding tert-OH is 1. The molecule has 0 aliphatic carbocycles. The Bertz CT molecular complexity index is 459.